The molecule has 1 heterocycles. The largest absolute Gasteiger partial charge is 0.366 e. The van der Waals surface area contributed by atoms with Crippen molar-refractivity contribution in [1.29, 1.82) is 0 Å². The summed E-state index contributed by atoms with van der Waals surface area (Å²) >= 11 is 5.97. The Bertz CT molecular complexity index is 505. The maximum absolute atomic E-state index is 11.8. The molecule has 19 heavy (non-hydrogen) atoms. The summed E-state index contributed by atoms with van der Waals surface area (Å²) in [5, 5.41) is 5.93. The number of rotatable bonds is 3. The van der Waals surface area contributed by atoms with Crippen molar-refractivity contribution in [2.24, 2.45) is 0 Å². The van der Waals surface area contributed by atoms with Gasteiger partial charge in [-0.05, 0) is 24.6 Å². The number of aryl methyl sites for hydroxylation is 1. The molecule has 0 aromatic heterocycles. The smallest absolute Gasteiger partial charge is 0.249 e. The first-order valence-electron chi connectivity index (χ1n) is 6.01. The number of morpholine rings is 1. The Labute approximate surface area is 116 Å². The van der Waals surface area contributed by atoms with Gasteiger partial charge in [0.05, 0.1) is 13.0 Å². The Hall–Kier alpha value is -1.59. The minimum atomic E-state index is -0.713. The van der Waals surface area contributed by atoms with Crippen molar-refractivity contribution in [3.8, 4) is 0 Å². The van der Waals surface area contributed by atoms with Crippen LogP contribution in [0.1, 0.15) is 12.0 Å². The predicted molar refractivity (Wildman–Crippen MR) is 72.2 cm³/mol. The molecular formula is C13H15ClN2O3. The van der Waals surface area contributed by atoms with E-state index in [0.29, 0.717) is 23.9 Å². The molecule has 102 valence electrons. The summed E-state index contributed by atoms with van der Waals surface area (Å²) in [5.41, 5.74) is 1.55. The molecule has 0 unspecified atom stereocenters. The molecule has 0 spiro atoms. The zero-order chi connectivity index (χ0) is 13.8. The highest BCUT2D eigenvalue weighted by Crippen LogP contribution is 2.20. The van der Waals surface area contributed by atoms with Crippen LogP contribution in [-0.2, 0) is 14.3 Å². The molecule has 2 amide bonds. The van der Waals surface area contributed by atoms with Crippen molar-refractivity contribution in [3.05, 3.63) is 28.8 Å². The molecule has 1 aliphatic heterocycles. The molecule has 1 aliphatic rings. The van der Waals surface area contributed by atoms with Crippen LogP contribution in [0.5, 0.6) is 0 Å². The van der Waals surface area contributed by atoms with E-state index in [4.69, 9.17) is 16.3 Å². The highest BCUT2D eigenvalue weighted by Gasteiger charge is 2.25. The van der Waals surface area contributed by atoms with E-state index in [1.165, 1.54) is 0 Å². The van der Waals surface area contributed by atoms with E-state index in [1.807, 2.05) is 13.0 Å². The van der Waals surface area contributed by atoms with Gasteiger partial charge in [0.1, 0.15) is 6.10 Å². The van der Waals surface area contributed by atoms with E-state index in [2.05, 4.69) is 10.6 Å². The van der Waals surface area contributed by atoms with E-state index in [-0.39, 0.29) is 18.2 Å². The minimum absolute atomic E-state index is 0.00265. The third-order valence-corrected chi connectivity index (χ3v) is 3.25. The van der Waals surface area contributed by atoms with Gasteiger partial charge >= 0.3 is 0 Å². The van der Waals surface area contributed by atoms with Crippen LogP contribution in [0.15, 0.2) is 18.2 Å². The second-order valence-corrected chi connectivity index (χ2v) is 4.77. The molecule has 1 aromatic carbocycles. The van der Waals surface area contributed by atoms with Crippen LogP contribution in [0.25, 0.3) is 0 Å². The first kappa shape index (κ1) is 13.8. The van der Waals surface area contributed by atoms with Crippen LogP contribution < -0.4 is 10.6 Å². The van der Waals surface area contributed by atoms with Crippen LogP contribution in [-0.4, -0.2) is 31.1 Å². The van der Waals surface area contributed by atoms with Crippen LogP contribution >= 0.6 is 11.6 Å². The molecule has 5 nitrogen and oxygen atoms in total. The minimum Gasteiger partial charge on any atom is -0.366 e. The Balaban J connectivity index is 1.93. The number of nitrogens with one attached hydrogen (secondary N) is 2. The maximum atomic E-state index is 11.8. The summed E-state index contributed by atoms with van der Waals surface area (Å²) in [4.78, 5) is 23.3. The van der Waals surface area contributed by atoms with Gasteiger partial charge in [-0.2, -0.15) is 0 Å². The van der Waals surface area contributed by atoms with Crippen molar-refractivity contribution in [2.75, 3.05) is 18.5 Å². The van der Waals surface area contributed by atoms with Gasteiger partial charge in [0.2, 0.25) is 11.8 Å². The number of anilines is 1. The molecule has 0 bridgehead atoms. The molecule has 6 heteroatoms. The zero-order valence-electron chi connectivity index (χ0n) is 10.5. The van der Waals surface area contributed by atoms with E-state index >= 15 is 0 Å². The average Bonchev–Trinajstić information content (AvgIpc) is 2.37. The molecular weight excluding hydrogens is 268 g/mol. The maximum Gasteiger partial charge on any atom is 0.249 e. The molecule has 2 rings (SSSR count). The fraction of sp³-hybridized carbons (Fsp3) is 0.385. The third kappa shape index (κ3) is 3.68. The lowest BCUT2D eigenvalue weighted by Gasteiger charge is -2.22. The van der Waals surface area contributed by atoms with E-state index in [0.717, 1.165) is 5.56 Å². The number of hydrogen-bond donors (Lipinski definition) is 2. The van der Waals surface area contributed by atoms with E-state index in [1.54, 1.807) is 12.1 Å². The highest BCUT2D eigenvalue weighted by molar-refractivity contribution is 6.31. The lowest BCUT2D eigenvalue weighted by atomic mass is 10.2. The van der Waals surface area contributed by atoms with E-state index in [9.17, 15) is 9.59 Å². The number of amides is 2. The fourth-order valence-corrected chi connectivity index (χ4v) is 1.95. The summed E-state index contributed by atoms with van der Waals surface area (Å²) in [6.07, 6.45) is -0.716. The van der Waals surface area contributed by atoms with Crippen molar-refractivity contribution in [3.63, 3.8) is 0 Å². The molecule has 0 aliphatic carbocycles. The molecule has 2 N–H and O–H groups in total. The summed E-state index contributed by atoms with van der Waals surface area (Å²) < 4.78 is 5.24. The monoisotopic (exact) mass is 282 g/mol. The molecule has 1 aromatic rings. The van der Waals surface area contributed by atoms with E-state index < -0.39 is 6.10 Å². The number of benzene rings is 1. The van der Waals surface area contributed by atoms with Gasteiger partial charge in [0, 0.05) is 17.3 Å². The second-order valence-electron chi connectivity index (χ2n) is 4.37. The fourth-order valence-electron chi connectivity index (χ4n) is 1.77. The highest BCUT2D eigenvalue weighted by atomic mass is 35.5. The zero-order valence-corrected chi connectivity index (χ0v) is 11.3. The van der Waals surface area contributed by atoms with Crippen molar-refractivity contribution >= 4 is 29.1 Å². The number of halogens is 1. The first-order valence-corrected chi connectivity index (χ1v) is 6.39. The number of carbonyl (C=O) groups excluding carboxylic acids is 2. The van der Waals surface area contributed by atoms with Crippen molar-refractivity contribution in [2.45, 2.75) is 19.4 Å². The summed E-state index contributed by atoms with van der Waals surface area (Å²) in [6.45, 7) is 2.80. The van der Waals surface area contributed by atoms with Crippen LogP contribution in [0, 0.1) is 6.92 Å². The molecule has 1 atom stereocenters. The van der Waals surface area contributed by atoms with Gasteiger partial charge in [-0.15, -0.1) is 0 Å². The molecule has 0 radical (unpaired) electrons. The Kier molecular flexibility index (Phi) is 4.39. The van der Waals surface area contributed by atoms with Crippen molar-refractivity contribution in [1.82, 2.24) is 5.32 Å². The Morgan fingerprint density at radius 1 is 1.58 bits per heavy atom. The quantitative estimate of drug-likeness (QED) is 0.883. The van der Waals surface area contributed by atoms with Crippen molar-refractivity contribution < 1.29 is 14.3 Å². The predicted octanol–water partition coefficient (Wildman–Crippen LogP) is 1.49. The standard InChI is InChI=1S/C13H15ClN2O3/c1-8-2-3-9(6-10(8)14)16-12(17)7-11-13(18)15-4-5-19-11/h2-3,6,11H,4-5,7H2,1H3,(H,15,18)(H,16,17)/t11-/m1/s1. The molecule has 0 saturated carbocycles. The topological polar surface area (TPSA) is 67.4 Å². The van der Waals surface area contributed by atoms with Gasteiger partial charge in [0.25, 0.3) is 0 Å². The Morgan fingerprint density at radius 2 is 2.37 bits per heavy atom. The van der Waals surface area contributed by atoms with Gasteiger partial charge in [-0.1, -0.05) is 17.7 Å². The normalized spacial score (nSPS) is 18.8. The second kappa shape index (κ2) is 6.04. The van der Waals surface area contributed by atoms with Crippen LogP contribution in [0.3, 0.4) is 0 Å². The summed E-state index contributed by atoms with van der Waals surface area (Å²) in [5.74, 6) is -0.523. The van der Waals surface area contributed by atoms with Gasteiger partial charge in [-0.3, -0.25) is 9.59 Å². The van der Waals surface area contributed by atoms with Gasteiger partial charge < -0.3 is 15.4 Å². The number of ether oxygens (including phenoxy) is 1. The summed E-state index contributed by atoms with van der Waals surface area (Å²) in [7, 11) is 0. The average molecular weight is 283 g/mol. The van der Waals surface area contributed by atoms with Crippen LogP contribution in [0.4, 0.5) is 5.69 Å². The molecule has 1 saturated heterocycles. The first-order chi connectivity index (χ1) is 9.06. The molecule has 1 fully saturated rings. The lowest BCUT2D eigenvalue weighted by Crippen LogP contribution is -2.45. The number of carbonyl (C=O) groups is 2. The van der Waals surface area contributed by atoms with Crippen LogP contribution in [0.2, 0.25) is 5.02 Å². The SMILES string of the molecule is Cc1ccc(NC(=O)C[C@H]2OCCNC2=O)cc1Cl. The number of hydrogen-bond acceptors (Lipinski definition) is 3. The van der Waals surface area contributed by atoms with Gasteiger partial charge in [0.15, 0.2) is 0 Å². The lowest BCUT2D eigenvalue weighted by molar-refractivity contribution is -0.141. The summed E-state index contributed by atoms with van der Waals surface area (Å²) in [6, 6.07) is 5.26. The van der Waals surface area contributed by atoms with Gasteiger partial charge in [-0.25, -0.2) is 0 Å². The Morgan fingerprint density at radius 3 is 3.05 bits per heavy atom. The third-order valence-electron chi connectivity index (χ3n) is 2.84.